The fourth-order valence-electron chi connectivity index (χ4n) is 7.76. The normalized spacial score (nSPS) is 43.7. The molecule has 4 heteroatoms. The first-order valence-corrected chi connectivity index (χ1v) is 11.5. The average Bonchev–Trinajstić information content (AvgIpc) is 3.05. The molecule has 1 aliphatic heterocycles. The van der Waals surface area contributed by atoms with E-state index in [0.29, 0.717) is 30.8 Å². The first-order valence-electron chi connectivity index (χ1n) is 11.5. The van der Waals surface area contributed by atoms with E-state index in [4.69, 9.17) is 0 Å². The van der Waals surface area contributed by atoms with Gasteiger partial charge in [0, 0.05) is 25.6 Å². The van der Waals surface area contributed by atoms with Gasteiger partial charge in [0.2, 0.25) is 5.91 Å². The molecule has 0 bridgehead atoms. The first-order chi connectivity index (χ1) is 12.9. The molecule has 27 heavy (non-hydrogen) atoms. The molecule has 4 nitrogen and oxygen atoms in total. The molecule has 0 spiro atoms. The maximum atomic E-state index is 13.2. The van der Waals surface area contributed by atoms with Crippen molar-refractivity contribution in [3.05, 3.63) is 0 Å². The number of hydrogen-bond acceptors (Lipinski definition) is 2. The summed E-state index contributed by atoms with van der Waals surface area (Å²) in [6, 6.07) is 0.0692. The van der Waals surface area contributed by atoms with Crippen molar-refractivity contribution in [3.8, 4) is 0 Å². The van der Waals surface area contributed by atoms with Crippen LogP contribution in [0.1, 0.15) is 85.5 Å². The molecular weight excluding hydrogens is 336 g/mol. The number of rotatable bonds is 2. The smallest absolute Gasteiger partial charge is 0.325 e. The van der Waals surface area contributed by atoms with Crippen LogP contribution in [0.3, 0.4) is 0 Å². The van der Waals surface area contributed by atoms with E-state index in [9.17, 15) is 9.59 Å². The van der Waals surface area contributed by atoms with Gasteiger partial charge in [-0.25, -0.2) is 4.79 Å². The topological polar surface area (TPSA) is 40.6 Å². The SMILES string of the molecule is CCN(CC)C(=O)N1C(=O)CC[C@]2(C)[C@H]3CC[C@]4(C)CCC[C@H]4[C@@H]3CC[C@@H]12. The summed E-state index contributed by atoms with van der Waals surface area (Å²) < 4.78 is 0. The van der Waals surface area contributed by atoms with Gasteiger partial charge in [0.05, 0.1) is 0 Å². The van der Waals surface area contributed by atoms with Gasteiger partial charge in [-0.3, -0.25) is 9.69 Å². The fraction of sp³-hybridized carbons (Fsp3) is 0.913. The molecule has 3 saturated carbocycles. The fourth-order valence-corrected chi connectivity index (χ4v) is 7.76. The summed E-state index contributed by atoms with van der Waals surface area (Å²) in [5.41, 5.74) is 0.676. The second kappa shape index (κ2) is 6.77. The zero-order valence-corrected chi connectivity index (χ0v) is 17.8. The van der Waals surface area contributed by atoms with Crippen LogP contribution in [0.5, 0.6) is 0 Å². The Kier molecular flexibility index (Phi) is 4.83. The van der Waals surface area contributed by atoms with E-state index in [1.54, 1.807) is 4.90 Å². The van der Waals surface area contributed by atoms with E-state index in [1.165, 1.54) is 38.5 Å². The Balaban J connectivity index is 1.63. The van der Waals surface area contributed by atoms with Crippen molar-refractivity contribution in [1.82, 2.24) is 9.80 Å². The van der Waals surface area contributed by atoms with Gasteiger partial charge in [-0.2, -0.15) is 0 Å². The van der Waals surface area contributed by atoms with Gasteiger partial charge in [-0.15, -0.1) is 0 Å². The molecule has 1 heterocycles. The predicted octanol–water partition coefficient (Wildman–Crippen LogP) is 5.07. The quantitative estimate of drug-likeness (QED) is 0.677. The summed E-state index contributed by atoms with van der Waals surface area (Å²) in [5, 5.41) is 0. The van der Waals surface area contributed by atoms with Gasteiger partial charge < -0.3 is 4.90 Å². The molecule has 1 saturated heterocycles. The number of piperidine rings is 1. The van der Waals surface area contributed by atoms with Gasteiger partial charge >= 0.3 is 6.03 Å². The van der Waals surface area contributed by atoms with Crippen molar-refractivity contribution in [2.24, 2.45) is 28.6 Å². The third-order valence-corrected chi connectivity index (χ3v) is 9.30. The average molecular weight is 375 g/mol. The van der Waals surface area contributed by atoms with Gasteiger partial charge in [0.15, 0.2) is 0 Å². The lowest BCUT2D eigenvalue weighted by atomic mass is 9.47. The van der Waals surface area contributed by atoms with Gasteiger partial charge in [-0.05, 0) is 87.4 Å². The molecule has 0 aromatic rings. The molecule has 3 aliphatic carbocycles. The number of likely N-dealkylation sites (tertiary alicyclic amines) is 1. The lowest BCUT2D eigenvalue weighted by Crippen LogP contribution is -2.64. The van der Waals surface area contributed by atoms with Crippen molar-refractivity contribution in [1.29, 1.82) is 0 Å². The molecule has 0 radical (unpaired) electrons. The van der Waals surface area contributed by atoms with Gasteiger partial charge in [0.1, 0.15) is 0 Å². The summed E-state index contributed by atoms with van der Waals surface area (Å²) in [7, 11) is 0. The second-order valence-corrected chi connectivity index (χ2v) is 10.3. The third-order valence-electron chi connectivity index (χ3n) is 9.30. The van der Waals surface area contributed by atoms with Crippen molar-refractivity contribution in [2.45, 2.75) is 91.5 Å². The van der Waals surface area contributed by atoms with E-state index in [0.717, 1.165) is 24.7 Å². The summed E-state index contributed by atoms with van der Waals surface area (Å²) in [5.74, 6) is 2.44. The molecule has 152 valence electrons. The number of carbonyl (C=O) groups excluding carboxylic acids is 2. The van der Waals surface area contributed by atoms with Gasteiger partial charge in [-0.1, -0.05) is 20.3 Å². The van der Waals surface area contributed by atoms with E-state index in [1.807, 2.05) is 18.7 Å². The Bertz CT molecular complexity index is 615. The molecule has 4 rings (SSSR count). The molecule has 0 aromatic heterocycles. The number of imide groups is 1. The lowest BCUT2D eigenvalue weighted by Gasteiger charge is -2.61. The summed E-state index contributed by atoms with van der Waals surface area (Å²) in [4.78, 5) is 29.6. The predicted molar refractivity (Wildman–Crippen MR) is 107 cm³/mol. The Morgan fingerprint density at radius 2 is 1.78 bits per heavy atom. The minimum atomic E-state index is -0.0408. The van der Waals surface area contributed by atoms with Gasteiger partial charge in [0.25, 0.3) is 0 Å². The first kappa shape index (κ1) is 19.3. The van der Waals surface area contributed by atoms with Crippen LogP contribution in [0, 0.1) is 28.6 Å². The highest BCUT2D eigenvalue weighted by Crippen LogP contribution is 2.64. The van der Waals surface area contributed by atoms with Crippen LogP contribution in [-0.2, 0) is 4.79 Å². The monoisotopic (exact) mass is 374 g/mol. The molecule has 0 unspecified atom stereocenters. The molecule has 3 amide bonds. The largest absolute Gasteiger partial charge is 0.326 e. The maximum absolute atomic E-state index is 13.2. The summed E-state index contributed by atoms with van der Waals surface area (Å²) in [6.45, 7) is 10.3. The lowest BCUT2D eigenvalue weighted by molar-refractivity contribution is -0.154. The number of amides is 3. The minimum Gasteiger partial charge on any atom is -0.325 e. The number of fused-ring (bicyclic) bond motifs is 5. The highest BCUT2D eigenvalue weighted by molar-refractivity contribution is 5.95. The molecule has 0 aromatic carbocycles. The summed E-state index contributed by atoms with van der Waals surface area (Å²) >= 11 is 0. The highest BCUT2D eigenvalue weighted by Gasteiger charge is 2.60. The van der Waals surface area contributed by atoms with E-state index in [-0.39, 0.29) is 23.4 Å². The number of nitrogens with zero attached hydrogens (tertiary/aromatic N) is 2. The van der Waals surface area contributed by atoms with Crippen molar-refractivity contribution in [2.75, 3.05) is 13.1 Å². The molecular formula is C23H38N2O2. The highest BCUT2D eigenvalue weighted by atomic mass is 16.2. The zero-order valence-electron chi connectivity index (χ0n) is 17.8. The zero-order chi connectivity index (χ0) is 19.4. The number of carbonyl (C=O) groups is 2. The molecule has 4 aliphatic rings. The number of urea groups is 1. The molecule has 0 N–H and O–H groups in total. The second-order valence-electron chi connectivity index (χ2n) is 10.3. The van der Waals surface area contributed by atoms with Crippen LogP contribution in [0.4, 0.5) is 4.79 Å². The number of hydrogen-bond donors (Lipinski definition) is 0. The van der Waals surface area contributed by atoms with Crippen molar-refractivity contribution < 1.29 is 9.59 Å². The van der Waals surface area contributed by atoms with Crippen molar-refractivity contribution in [3.63, 3.8) is 0 Å². The van der Waals surface area contributed by atoms with Crippen LogP contribution in [-0.4, -0.2) is 40.9 Å². The van der Waals surface area contributed by atoms with Crippen LogP contribution >= 0.6 is 0 Å². The van der Waals surface area contributed by atoms with E-state index >= 15 is 0 Å². The molecule has 6 atom stereocenters. The minimum absolute atomic E-state index is 0.0408. The molecule has 4 fully saturated rings. The summed E-state index contributed by atoms with van der Waals surface area (Å²) in [6.07, 6.45) is 10.6. The van der Waals surface area contributed by atoms with Crippen molar-refractivity contribution >= 4 is 11.9 Å². The standard InChI is InChI=1S/C23H38N2O2/c1-5-24(6-2)21(27)25-19-10-9-16-17-8-7-13-22(17,3)14-11-18(16)23(19,4)15-12-20(25)26/h16-19H,5-15H2,1-4H3/t16-,17-,18-,19+,22-,23+/m0/s1. The van der Waals surface area contributed by atoms with E-state index < -0.39 is 0 Å². The van der Waals surface area contributed by atoms with E-state index in [2.05, 4.69) is 13.8 Å². The Morgan fingerprint density at radius 1 is 1.04 bits per heavy atom. The van der Waals surface area contributed by atoms with Crippen LogP contribution in [0.25, 0.3) is 0 Å². The van der Waals surface area contributed by atoms with Crippen LogP contribution in [0.15, 0.2) is 0 Å². The van der Waals surface area contributed by atoms with Crippen LogP contribution < -0.4 is 0 Å². The Morgan fingerprint density at radius 3 is 2.48 bits per heavy atom. The Labute approximate surface area is 165 Å². The van der Waals surface area contributed by atoms with Crippen LogP contribution in [0.2, 0.25) is 0 Å². The maximum Gasteiger partial charge on any atom is 0.326 e. The third kappa shape index (κ3) is 2.76. The Hall–Kier alpha value is -1.06.